The Hall–Kier alpha value is -1.15. The SMILES string of the molecule is CCOC(=O)CS(=O)(=O)N1CC(C(C)C(=O)O)C1. The summed E-state index contributed by atoms with van der Waals surface area (Å²) in [5.41, 5.74) is 0. The van der Waals surface area contributed by atoms with Gasteiger partial charge in [-0.3, -0.25) is 9.59 Å². The van der Waals surface area contributed by atoms with Gasteiger partial charge in [-0.1, -0.05) is 6.92 Å². The van der Waals surface area contributed by atoms with E-state index >= 15 is 0 Å². The van der Waals surface area contributed by atoms with E-state index in [1.165, 1.54) is 0 Å². The highest BCUT2D eigenvalue weighted by atomic mass is 32.2. The second-order valence-electron chi connectivity index (χ2n) is 4.27. The summed E-state index contributed by atoms with van der Waals surface area (Å²) in [5, 5.41) is 8.78. The highest BCUT2D eigenvalue weighted by Crippen LogP contribution is 2.26. The average molecular weight is 279 g/mol. The van der Waals surface area contributed by atoms with Crippen molar-refractivity contribution in [3.8, 4) is 0 Å². The van der Waals surface area contributed by atoms with Crippen LogP contribution in [-0.2, 0) is 24.3 Å². The van der Waals surface area contributed by atoms with Gasteiger partial charge in [-0.15, -0.1) is 0 Å². The number of nitrogens with zero attached hydrogens (tertiary/aromatic N) is 1. The van der Waals surface area contributed by atoms with Gasteiger partial charge in [-0.25, -0.2) is 12.7 Å². The second kappa shape index (κ2) is 5.66. The summed E-state index contributed by atoms with van der Waals surface area (Å²) in [6.45, 7) is 3.57. The van der Waals surface area contributed by atoms with Gasteiger partial charge in [0.2, 0.25) is 10.0 Å². The fraction of sp³-hybridized carbons (Fsp3) is 0.800. The van der Waals surface area contributed by atoms with Crippen LogP contribution in [0.2, 0.25) is 0 Å². The molecule has 0 amide bonds. The highest BCUT2D eigenvalue weighted by molar-refractivity contribution is 7.89. The summed E-state index contributed by atoms with van der Waals surface area (Å²) in [6.07, 6.45) is 0. The van der Waals surface area contributed by atoms with Crippen molar-refractivity contribution in [1.82, 2.24) is 4.31 Å². The number of rotatable bonds is 6. The number of ether oxygens (including phenoxy) is 1. The molecule has 0 aliphatic carbocycles. The Morgan fingerprint density at radius 3 is 2.44 bits per heavy atom. The van der Waals surface area contributed by atoms with Gasteiger partial charge < -0.3 is 9.84 Å². The topological polar surface area (TPSA) is 101 Å². The summed E-state index contributed by atoms with van der Waals surface area (Å²) in [4.78, 5) is 21.8. The van der Waals surface area contributed by atoms with Crippen LogP contribution >= 0.6 is 0 Å². The lowest BCUT2D eigenvalue weighted by molar-refractivity contribution is -0.145. The van der Waals surface area contributed by atoms with E-state index in [-0.39, 0.29) is 25.6 Å². The Morgan fingerprint density at radius 1 is 1.44 bits per heavy atom. The molecule has 0 aromatic heterocycles. The molecule has 1 aliphatic rings. The number of aliphatic carboxylic acids is 1. The molecule has 1 heterocycles. The van der Waals surface area contributed by atoms with Crippen LogP contribution in [0.3, 0.4) is 0 Å². The van der Waals surface area contributed by atoms with Crippen LogP contribution in [0.5, 0.6) is 0 Å². The zero-order chi connectivity index (χ0) is 13.9. The normalized spacial score (nSPS) is 19.0. The maximum Gasteiger partial charge on any atom is 0.322 e. The number of hydrogen-bond donors (Lipinski definition) is 1. The number of sulfonamides is 1. The van der Waals surface area contributed by atoms with Crippen molar-refractivity contribution in [2.75, 3.05) is 25.4 Å². The summed E-state index contributed by atoms with van der Waals surface area (Å²) in [7, 11) is -3.67. The molecule has 0 aromatic rings. The number of esters is 1. The van der Waals surface area contributed by atoms with Crippen molar-refractivity contribution in [2.24, 2.45) is 11.8 Å². The number of carbonyl (C=O) groups excluding carboxylic acids is 1. The van der Waals surface area contributed by atoms with Gasteiger partial charge in [-0.2, -0.15) is 0 Å². The molecule has 1 atom stereocenters. The van der Waals surface area contributed by atoms with E-state index in [1.54, 1.807) is 13.8 Å². The molecule has 1 aliphatic heterocycles. The fourth-order valence-electron chi connectivity index (χ4n) is 1.66. The fourth-order valence-corrected chi connectivity index (χ4v) is 3.06. The summed E-state index contributed by atoms with van der Waals surface area (Å²) >= 11 is 0. The molecule has 1 fully saturated rings. The van der Waals surface area contributed by atoms with E-state index < -0.39 is 33.6 Å². The van der Waals surface area contributed by atoms with Gasteiger partial charge in [0.25, 0.3) is 0 Å². The number of carboxylic acids is 1. The first kappa shape index (κ1) is 14.9. The summed E-state index contributed by atoms with van der Waals surface area (Å²) in [6, 6.07) is 0. The smallest absolute Gasteiger partial charge is 0.322 e. The first-order chi connectivity index (χ1) is 8.27. The van der Waals surface area contributed by atoms with E-state index in [2.05, 4.69) is 4.74 Å². The first-order valence-corrected chi connectivity index (χ1v) is 7.25. The van der Waals surface area contributed by atoms with E-state index in [9.17, 15) is 18.0 Å². The lowest BCUT2D eigenvalue weighted by atomic mass is 9.89. The standard InChI is InChI=1S/C10H17NO6S/c1-3-17-9(12)6-18(15,16)11-4-8(5-11)7(2)10(13)14/h7-8H,3-6H2,1-2H3,(H,13,14). The quantitative estimate of drug-likeness (QED) is 0.660. The number of hydrogen-bond acceptors (Lipinski definition) is 5. The van der Waals surface area contributed by atoms with E-state index in [1.807, 2.05) is 0 Å². The molecule has 7 nitrogen and oxygen atoms in total. The number of carbonyl (C=O) groups is 2. The zero-order valence-corrected chi connectivity index (χ0v) is 11.1. The van der Waals surface area contributed by atoms with E-state index in [4.69, 9.17) is 5.11 Å². The Kier molecular flexibility index (Phi) is 4.69. The first-order valence-electron chi connectivity index (χ1n) is 5.64. The van der Waals surface area contributed by atoms with Crippen molar-refractivity contribution >= 4 is 22.0 Å². The van der Waals surface area contributed by atoms with E-state index in [0.717, 1.165) is 4.31 Å². The van der Waals surface area contributed by atoms with Crippen LogP contribution in [0.1, 0.15) is 13.8 Å². The van der Waals surface area contributed by atoms with E-state index in [0.29, 0.717) is 0 Å². The predicted octanol–water partition coefficient (Wildman–Crippen LogP) is -0.468. The van der Waals surface area contributed by atoms with Crippen LogP contribution < -0.4 is 0 Å². The lowest BCUT2D eigenvalue weighted by Crippen LogP contribution is -2.54. The van der Waals surface area contributed by atoms with Crippen molar-refractivity contribution in [3.63, 3.8) is 0 Å². The lowest BCUT2D eigenvalue weighted by Gasteiger charge is -2.39. The molecular formula is C10H17NO6S. The third kappa shape index (κ3) is 3.42. The molecule has 0 saturated carbocycles. The van der Waals surface area contributed by atoms with Gasteiger partial charge in [0.05, 0.1) is 12.5 Å². The molecular weight excluding hydrogens is 262 g/mol. The Balaban J connectivity index is 2.49. The van der Waals surface area contributed by atoms with Gasteiger partial charge in [0.15, 0.2) is 5.75 Å². The molecule has 0 spiro atoms. The molecule has 18 heavy (non-hydrogen) atoms. The maximum absolute atomic E-state index is 11.7. The monoisotopic (exact) mass is 279 g/mol. The average Bonchev–Trinajstić information content (AvgIpc) is 2.13. The second-order valence-corrected chi connectivity index (χ2v) is 6.23. The van der Waals surface area contributed by atoms with Crippen molar-refractivity contribution in [3.05, 3.63) is 0 Å². The third-order valence-corrected chi connectivity index (χ3v) is 4.66. The van der Waals surface area contributed by atoms with Gasteiger partial charge in [0.1, 0.15) is 0 Å². The Bertz CT molecular complexity index is 426. The van der Waals surface area contributed by atoms with Crippen LogP contribution in [0.25, 0.3) is 0 Å². The molecule has 0 radical (unpaired) electrons. The predicted molar refractivity (Wildman–Crippen MR) is 62.3 cm³/mol. The summed E-state index contributed by atoms with van der Waals surface area (Å²) in [5.74, 6) is -3.19. The van der Waals surface area contributed by atoms with Crippen molar-refractivity contribution in [2.45, 2.75) is 13.8 Å². The maximum atomic E-state index is 11.7. The van der Waals surface area contributed by atoms with Crippen molar-refractivity contribution in [1.29, 1.82) is 0 Å². The van der Waals surface area contributed by atoms with Crippen molar-refractivity contribution < 1.29 is 27.9 Å². The van der Waals surface area contributed by atoms with Gasteiger partial charge >= 0.3 is 11.9 Å². The molecule has 0 aromatic carbocycles. The zero-order valence-electron chi connectivity index (χ0n) is 10.3. The van der Waals surface area contributed by atoms with Crippen LogP contribution in [-0.4, -0.2) is 55.2 Å². The molecule has 0 bridgehead atoms. The molecule has 8 heteroatoms. The highest BCUT2D eigenvalue weighted by Gasteiger charge is 2.41. The molecule has 104 valence electrons. The molecule has 1 N–H and O–H groups in total. The van der Waals surface area contributed by atoms with Crippen LogP contribution in [0.4, 0.5) is 0 Å². The third-order valence-electron chi connectivity index (χ3n) is 2.97. The molecule has 1 rings (SSSR count). The largest absolute Gasteiger partial charge is 0.481 e. The minimum absolute atomic E-state index is 0.132. The molecule has 1 unspecified atom stereocenters. The molecule has 1 saturated heterocycles. The van der Waals surface area contributed by atoms with Gasteiger partial charge in [-0.05, 0) is 12.8 Å². The van der Waals surface area contributed by atoms with Crippen LogP contribution in [0.15, 0.2) is 0 Å². The Morgan fingerprint density at radius 2 is 2.00 bits per heavy atom. The summed E-state index contributed by atoms with van der Waals surface area (Å²) < 4.78 is 29.1. The Labute approximate surface area is 106 Å². The minimum atomic E-state index is -3.67. The number of carboxylic acid groups (broad SMARTS) is 1. The van der Waals surface area contributed by atoms with Crippen LogP contribution in [0, 0.1) is 11.8 Å². The minimum Gasteiger partial charge on any atom is -0.481 e. The van der Waals surface area contributed by atoms with Gasteiger partial charge in [0, 0.05) is 13.1 Å².